The van der Waals surface area contributed by atoms with Crippen LogP contribution in [0.3, 0.4) is 0 Å². The molecule has 0 bridgehead atoms. The molecule has 0 amide bonds. The van der Waals surface area contributed by atoms with Crippen molar-refractivity contribution in [3.05, 3.63) is 59.7 Å². The Morgan fingerprint density at radius 1 is 0.685 bits per heavy atom. The summed E-state index contributed by atoms with van der Waals surface area (Å²) in [5, 5.41) is 12.3. The van der Waals surface area contributed by atoms with Crippen LogP contribution >= 0.6 is 21.6 Å². The van der Waals surface area contributed by atoms with Crippen LogP contribution in [0.2, 0.25) is 0 Å². The molecule has 2 rings (SSSR count). The summed E-state index contributed by atoms with van der Waals surface area (Å²) in [7, 11) is 3.53. The largest absolute Gasteiger partial charge is 0.490 e. The third-order valence-corrected chi connectivity index (χ3v) is 10.8. The van der Waals surface area contributed by atoms with Crippen molar-refractivity contribution in [1.29, 1.82) is 0 Å². The number of carbonyl (C=O) groups excluding carboxylic acids is 3. The van der Waals surface area contributed by atoms with Crippen LogP contribution in [0, 0.1) is 0 Å². The molecule has 0 aliphatic heterocycles. The van der Waals surface area contributed by atoms with Crippen molar-refractivity contribution in [1.82, 2.24) is 10.2 Å². The van der Waals surface area contributed by atoms with Crippen molar-refractivity contribution in [3.8, 4) is 11.5 Å². The van der Waals surface area contributed by atoms with Gasteiger partial charge in [-0.1, -0.05) is 66.6 Å². The maximum Gasteiger partial charge on any atom is 0.307 e. The van der Waals surface area contributed by atoms with E-state index in [9.17, 15) is 14.4 Å². The molecule has 0 saturated heterocycles. The fourth-order valence-corrected chi connectivity index (χ4v) is 7.02. The highest BCUT2D eigenvalue weighted by atomic mass is 33.1. The Hall–Kier alpha value is -3.01. The maximum atomic E-state index is 12.4. The first kappa shape index (κ1) is 47.1. The van der Waals surface area contributed by atoms with E-state index in [1.807, 2.05) is 55.5 Å². The van der Waals surface area contributed by atoms with Crippen LogP contribution in [0.4, 0.5) is 0 Å². The number of carbonyl (C=O) groups is 3. The van der Waals surface area contributed by atoms with Crippen LogP contribution in [-0.2, 0) is 34.0 Å². The second-order valence-corrected chi connectivity index (χ2v) is 15.8. The van der Waals surface area contributed by atoms with Crippen LogP contribution < -0.4 is 20.5 Å². The van der Waals surface area contributed by atoms with Crippen LogP contribution in [-0.4, -0.2) is 118 Å². The fraction of sp³-hybridized carbons (Fsp3) is 0.625. The normalized spacial score (nSPS) is 11.4. The van der Waals surface area contributed by atoms with Gasteiger partial charge in [-0.25, -0.2) is 0 Å². The average Bonchev–Trinajstić information content (AvgIpc) is 3.18. The zero-order valence-electron chi connectivity index (χ0n) is 32.5. The number of hydrogen-bond acceptors (Lipinski definition) is 14. The quantitative estimate of drug-likeness (QED) is 0.0376. The minimum Gasteiger partial charge on any atom is -0.490 e. The number of aliphatic hydroxyl groups excluding tert-OH is 1. The minimum absolute atomic E-state index is 0.135. The van der Waals surface area contributed by atoms with E-state index in [1.165, 1.54) is 0 Å². The highest BCUT2D eigenvalue weighted by Gasteiger charge is 2.23. The summed E-state index contributed by atoms with van der Waals surface area (Å²) >= 11 is 0. The Kier molecular flexibility index (Phi) is 25.6. The minimum atomic E-state index is -0.317. The van der Waals surface area contributed by atoms with E-state index in [0.717, 1.165) is 61.4 Å². The zero-order chi connectivity index (χ0) is 39.3. The van der Waals surface area contributed by atoms with Crippen LogP contribution in [0.5, 0.6) is 11.5 Å². The van der Waals surface area contributed by atoms with E-state index in [-0.39, 0.29) is 69.2 Å². The summed E-state index contributed by atoms with van der Waals surface area (Å²) in [4.78, 5) is 38.4. The third kappa shape index (κ3) is 21.2. The molecule has 0 heterocycles. The van der Waals surface area contributed by atoms with Gasteiger partial charge >= 0.3 is 17.9 Å². The summed E-state index contributed by atoms with van der Waals surface area (Å²) in [5.74, 6) is 2.50. The fourth-order valence-electron chi connectivity index (χ4n) is 5.22. The Balaban J connectivity index is 1.68. The molecule has 304 valence electrons. The lowest BCUT2D eigenvalue weighted by atomic mass is 9.78. The molecule has 2 aromatic rings. The summed E-state index contributed by atoms with van der Waals surface area (Å²) in [6, 6.07) is 15.8. The molecule has 0 radical (unpaired) electrons. The number of rotatable bonds is 32. The molecule has 0 saturated carbocycles. The molecule has 12 nitrogen and oxygen atoms in total. The van der Waals surface area contributed by atoms with Crippen molar-refractivity contribution >= 4 is 39.5 Å². The predicted octanol–water partition coefficient (Wildman–Crippen LogP) is 5.37. The maximum absolute atomic E-state index is 12.4. The smallest absolute Gasteiger partial charge is 0.307 e. The molecule has 0 atom stereocenters. The molecule has 4 N–H and O–H groups in total. The monoisotopic (exact) mass is 793 g/mol. The number of esters is 3. The Bertz CT molecular complexity index is 1300. The lowest BCUT2D eigenvalue weighted by Gasteiger charge is -2.26. The number of hydrogen-bond donors (Lipinski definition) is 3. The van der Waals surface area contributed by atoms with E-state index < -0.39 is 0 Å². The lowest BCUT2D eigenvalue weighted by Crippen LogP contribution is -2.31. The van der Waals surface area contributed by atoms with E-state index in [1.54, 1.807) is 21.6 Å². The molecular formula is C40H63N3O9S2. The topological polar surface area (TPSA) is 159 Å². The van der Waals surface area contributed by atoms with Crippen LogP contribution in [0.15, 0.2) is 48.5 Å². The molecule has 14 heteroatoms. The van der Waals surface area contributed by atoms with Gasteiger partial charge in [0.1, 0.15) is 37.9 Å². The van der Waals surface area contributed by atoms with Gasteiger partial charge in [0.25, 0.3) is 0 Å². The molecule has 2 aromatic carbocycles. The SMILES string of the molecule is CCCOC(=O)CCN(CCCCCO)CCC(=O)OCCOc1ccc(C(C)(C)c2ccc(OCCOC(=O)CCNCCSSCCN)cc2)cc1. The molecule has 0 aliphatic rings. The summed E-state index contributed by atoms with van der Waals surface area (Å²) in [5.41, 5.74) is 7.42. The van der Waals surface area contributed by atoms with Gasteiger partial charge in [0.2, 0.25) is 0 Å². The van der Waals surface area contributed by atoms with Gasteiger partial charge in [0.15, 0.2) is 0 Å². The van der Waals surface area contributed by atoms with Crippen molar-refractivity contribution in [2.45, 2.75) is 71.1 Å². The zero-order valence-corrected chi connectivity index (χ0v) is 34.2. The van der Waals surface area contributed by atoms with Crippen molar-refractivity contribution in [2.24, 2.45) is 5.73 Å². The molecule has 0 aromatic heterocycles. The molecule has 0 fully saturated rings. The molecule has 0 unspecified atom stereocenters. The third-order valence-electron chi connectivity index (χ3n) is 8.40. The first-order valence-corrected chi connectivity index (χ1v) is 21.6. The first-order chi connectivity index (χ1) is 26.2. The highest BCUT2D eigenvalue weighted by Crippen LogP contribution is 2.33. The van der Waals surface area contributed by atoms with E-state index >= 15 is 0 Å². The van der Waals surface area contributed by atoms with Gasteiger partial charge in [-0.15, -0.1) is 0 Å². The number of nitrogens with zero attached hydrogens (tertiary/aromatic N) is 1. The van der Waals surface area contributed by atoms with Gasteiger partial charge in [-0.2, -0.15) is 0 Å². The standard InChI is InChI=1S/C40H63N3O9S2/c1-4-26-50-38(46)17-23-43(22-6-5-7-25-44)24-18-39(47)52-30-28-49-36-14-10-34(11-15-36)40(2,3)33-8-12-35(13-9-33)48-27-29-51-37(45)16-20-42-21-32-54-53-31-19-41/h8-15,42,44H,4-7,16-32,41H2,1-3H3. The van der Waals surface area contributed by atoms with E-state index in [4.69, 9.17) is 34.5 Å². The Morgan fingerprint density at radius 3 is 1.72 bits per heavy atom. The Morgan fingerprint density at radius 2 is 1.20 bits per heavy atom. The Labute approximate surface area is 330 Å². The molecule has 0 aliphatic carbocycles. The number of benzene rings is 2. The van der Waals surface area contributed by atoms with Gasteiger partial charge in [-0.3, -0.25) is 14.4 Å². The second kappa shape index (κ2) is 29.3. The lowest BCUT2D eigenvalue weighted by molar-refractivity contribution is -0.145. The number of nitrogens with one attached hydrogen (secondary N) is 1. The van der Waals surface area contributed by atoms with Gasteiger partial charge in [0.05, 0.1) is 25.9 Å². The molecule has 0 spiro atoms. The highest BCUT2D eigenvalue weighted by molar-refractivity contribution is 8.76. The predicted molar refractivity (Wildman–Crippen MR) is 217 cm³/mol. The van der Waals surface area contributed by atoms with E-state index in [0.29, 0.717) is 50.7 Å². The van der Waals surface area contributed by atoms with Gasteiger partial charge in [-0.05, 0) is 67.6 Å². The van der Waals surface area contributed by atoms with Gasteiger partial charge < -0.3 is 44.7 Å². The van der Waals surface area contributed by atoms with Crippen LogP contribution in [0.25, 0.3) is 0 Å². The second-order valence-electron chi connectivity index (χ2n) is 13.1. The van der Waals surface area contributed by atoms with Crippen LogP contribution in [0.1, 0.15) is 76.8 Å². The van der Waals surface area contributed by atoms with Crippen molar-refractivity contribution in [3.63, 3.8) is 0 Å². The number of ether oxygens (including phenoxy) is 5. The summed E-state index contributed by atoms with van der Waals surface area (Å²) in [6.45, 7) is 11.5. The number of nitrogens with two attached hydrogens (primary N) is 1. The average molecular weight is 794 g/mol. The van der Waals surface area contributed by atoms with Crippen molar-refractivity contribution in [2.75, 3.05) is 90.4 Å². The van der Waals surface area contributed by atoms with E-state index in [2.05, 4.69) is 24.1 Å². The number of aliphatic hydroxyl groups is 1. The number of unbranched alkanes of at least 4 members (excludes halogenated alkanes) is 2. The molecular weight excluding hydrogens is 731 g/mol. The summed E-state index contributed by atoms with van der Waals surface area (Å²) in [6.07, 6.45) is 4.08. The van der Waals surface area contributed by atoms with Gasteiger partial charge in [0, 0.05) is 56.3 Å². The molecule has 54 heavy (non-hydrogen) atoms. The van der Waals surface area contributed by atoms with Crippen molar-refractivity contribution < 1.29 is 43.2 Å². The summed E-state index contributed by atoms with van der Waals surface area (Å²) < 4.78 is 27.5. The first-order valence-electron chi connectivity index (χ1n) is 19.1.